The number of benzene rings is 1. The van der Waals surface area contributed by atoms with Crippen LogP contribution in [0.3, 0.4) is 0 Å². The summed E-state index contributed by atoms with van der Waals surface area (Å²) in [6, 6.07) is 4.87. The molecule has 2 aromatic rings. The van der Waals surface area contributed by atoms with Gasteiger partial charge < -0.3 is 10.6 Å². The molecule has 0 amide bonds. The van der Waals surface area contributed by atoms with Crippen LogP contribution in [0.5, 0.6) is 0 Å². The fourth-order valence-electron chi connectivity index (χ4n) is 2.82. The van der Waals surface area contributed by atoms with Gasteiger partial charge in [0.05, 0.1) is 21.6 Å². The molecule has 2 atom stereocenters. The summed E-state index contributed by atoms with van der Waals surface area (Å²) < 4.78 is 1.17. The first kappa shape index (κ1) is 11.8. The summed E-state index contributed by atoms with van der Waals surface area (Å²) in [5.74, 6) is 0.742. The zero-order valence-corrected chi connectivity index (χ0v) is 11.7. The molecule has 1 fully saturated rings. The van der Waals surface area contributed by atoms with Gasteiger partial charge in [-0.25, -0.2) is 4.98 Å². The lowest BCUT2D eigenvalue weighted by Crippen LogP contribution is -2.41. The Kier molecular flexibility index (Phi) is 2.90. The number of thiazole rings is 1. The van der Waals surface area contributed by atoms with E-state index in [9.17, 15) is 0 Å². The van der Waals surface area contributed by atoms with Crippen LogP contribution in [-0.4, -0.2) is 17.6 Å². The Bertz CT molecular complexity index is 563. The first-order valence-electron chi connectivity index (χ1n) is 6.55. The predicted molar refractivity (Wildman–Crippen MR) is 79.2 cm³/mol. The van der Waals surface area contributed by atoms with Gasteiger partial charge in [-0.2, -0.15) is 0 Å². The minimum atomic E-state index is 0.569. The molecule has 3 nitrogen and oxygen atoms in total. The molecule has 1 aromatic heterocycles. The van der Waals surface area contributed by atoms with Gasteiger partial charge in [0.15, 0.2) is 0 Å². The fourth-order valence-corrected chi connectivity index (χ4v) is 3.51. The van der Waals surface area contributed by atoms with Gasteiger partial charge in [-0.05, 0) is 37.8 Å². The molecule has 1 aliphatic rings. The van der Waals surface area contributed by atoms with Crippen molar-refractivity contribution in [1.29, 1.82) is 0 Å². The van der Waals surface area contributed by atoms with Crippen molar-refractivity contribution < 1.29 is 0 Å². The van der Waals surface area contributed by atoms with Gasteiger partial charge in [0.1, 0.15) is 5.52 Å². The topological polar surface area (TPSA) is 42.2 Å². The van der Waals surface area contributed by atoms with Crippen LogP contribution in [0.2, 0.25) is 0 Å². The Morgan fingerprint density at radius 2 is 2.17 bits per heavy atom. The van der Waals surface area contributed by atoms with Gasteiger partial charge in [-0.1, -0.05) is 6.92 Å². The molecule has 1 aromatic carbocycles. The Morgan fingerprint density at radius 3 is 3.00 bits per heavy atom. The molecule has 18 heavy (non-hydrogen) atoms. The monoisotopic (exact) mass is 261 g/mol. The summed E-state index contributed by atoms with van der Waals surface area (Å²) in [7, 11) is 0. The zero-order chi connectivity index (χ0) is 12.7. The molecule has 2 N–H and O–H groups in total. The molecule has 3 rings (SSSR count). The molecule has 1 saturated heterocycles. The van der Waals surface area contributed by atoms with Crippen molar-refractivity contribution in [2.75, 3.05) is 17.2 Å². The Labute approximate surface area is 112 Å². The van der Waals surface area contributed by atoms with Crippen molar-refractivity contribution in [3.05, 3.63) is 17.6 Å². The molecule has 0 bridgehead atoms. The van der Waals surface area contributed by atoms with E-state index in [-0.39, 0.29) is 0 Å². The maximum Gasteiger partial charge on any atom is 0.106 e. The maximum absolute atomic E-state index is 6.30. The largest absolute Gasteiger partial charge is 0.395 e. The molecule has 0 radical (unpaired) electrons. The average molecular weight is 261 g/mol. The Hall–Kier alpha value is -1.29. The molecule has 0 spiro atoms. The van der Waals surface area contributed by atoms with E-state index in [1.165, 1.54) is 17.5 Å². The van der Waals surface area contributed by atoms with Crippen LogP contribution in [0.25, 0.3) is 10.2 Å². The second-order valence-electron chi connectivity index (χ2n) is 5.38. The normalized spacial score (nSPS) is 24.7. The number of hydrogen-bond acceptors (Lipinski definition) is 4. The number of nitrogens with two attached hydrogens (primary N) is 1. The number of nitrogen functional groups attached to an aromatic ring is 1. The van der Waals surface area contributed by atoms with Crippen molar-refractivity contribution >= 4 is 32.9 Å². The molecule has 4 heteroatoms. The summed E-state index contributed by atoms with van der Waals surface area (Å²) in [5.41, 5.74) is 11.1. The van der Waals surface area contributed by atoms with Gasteiger partial charge in [0, 0.05) is 12.6 Å². The average Bonchev–Trinajstić information content (AvgIpc) is 2.82. The van der Waals surface area contributed by atoms with Crippen LogP contribution >= 0.6 is 11.3 Å². The van der Waals surface area contributed by atoms with E-state index < -0.39 is 0 Å². The summed E-state index contributed by atoms with van der Waals surface area (Å²) in [6.07, 6.45) is 2.56. The third-order valence-electron chi connectivity index (χ3n) is 3.95. The van der Waals surface area contributed by atoms with Crippen molar-refractivity contribution in [2.24, 2.45) is 5.92 Å². The number of aromatic nitrogens is 1. The predicted octanol–water partition coefficient (Wildman–Crippen LogP) is 3.50. The van der Waals surface area contributed by atoms with Crippen LogP contribution in [-0.2, 0) is 0 Å². The Balaban J connectivity index is 2.04. The SMILES string of the molecule is CC1CCC(C)N(c2ccc3scnc3c2N)C1. The summed E-state index contributed by atoms with van der Waals surface area (Å²) in [5, 5.41) is 0. The second kappa shape index (κ2) is 4.43. The number of hydrogen-bond donors (Lipinski definition) is 1. The standard InChI is InChI=1S/C14H19N3S/c1-9-3-4-10(2)17(7-9)11-5-6-12-14(13(11)15)16-8-18-12/h5-6,8-10H,3-4,7,15H2,1-2H3. The summed E-state index contributed by atoms with van der Waals surface area (Å²) in [4.78, 5) is 6.83. The first-order valence-corrected chi connectivity index (χ1v) is 7.43. The van der Waals surface area contributed by atoms with E-state index in [4.69, 9.17) is 5.73 Å². The molecule has 2 unspecified atom stereocenters. The van der Waals surface area contributed by atoms with E-state index in [0.29, 0.717) is 6.04 Å². The van der Waals surface area contributed by atoms with Crippen molar-refractivity contribution in [2.45, 2.75) is 32.7 Å². The lowest BCUT2D eigenvalue weighted by atomic mass is 9.94. The van der Waals surface area contributed by atoms with E-state index in [1.807, 2.05) is 5.51 Å². The lowest BCUT2D eigenvalue weighted by Gasteiger charge is -2.39. The maximum atomic E-state index is 6.30. The molecule has 0 saturated carbocycles. The minimum Gasteiger partial charge on any atom is -0.395 e. The minimum absolute atomic E-state index is 0.569. The van der Waals surface area contributed by atoms with Gasteiger partial charge in [-0.3, -0.25) is 0 Å². The fraction of sp³-hybridized carbons (Fsp3) is 0.500. The van der Waals surface area contributed by atoms with Crippen molar-refractivity contribution in [3.8, 4) is 0 Å². The second-order valence-corrected chi connectivity index (χ2v) is 6.27. The van der Waals surface area contributed by atoms with Crippen molar-refractivity contribution in [1.82, 2.24) is 4.98 Å². The highest BCUT2D eigenvalue weighted by atomic mass is 32.1. The molecule has 2 heterocycles. The quantitative estimate of drug-likeness (QED) is 0.799. The summed E-state index contributed by atoms with van der Waals surface area (Å²) >= 11 is 1.65. The van der Waals surface area contributed by atoms with Crippen LogP contribution < -0.4 is 10.6 Å². The molecular formula is C14H19N3S. The van der Waals surface area contributed by atoms with Crippen LogP contribution in [0.15, 0.2) is 17.6 Å². The van der Waals surface area contributed by atoms with Crippen LogP contribution in [0.1, 0.15) is 26.7 Å². The smallest absolute Gasteiger partial charge is 0.106 e. The van der Waals surface area contributed by atoms with Gasteiger partial charge in [0.25, 0.3) is 0 Å². The zero-order valence-electron chi connectivity index (χ0n) is 10.9. The van der Waals surface area contributed by atoms with Gasteiger partial charge >= 0.3 is 0 Å². The number of fused-ring (bicyclic) bond motifs is 1. The van der Waals surface area contributed by atoms with Crippen LogP contribution in [0.4, 0.5) is 11.4 Å². The first-order chi connectivity index (χ1) is 8.66. The van der Waals surface area contributed by atoms with E-state index >= 15 is 0 Å². The molecular weight excluding hydrogens is 242 g/mol. The number of anilines is 2. The number of nitrogens with zero attached hydrogens (tertiary/aromatic N) is 2. The lowest BCUT2D eigenvalue weighted by molar-refractivity contribution is 0.391. The highest BCUT2D eigenvalue weighted by molar-refractivity contribution is 7.16. The van der Waals surface area contributed by atoms with Gasteiger partial charge in [-0.15, -0.1) is 11.3 Å². The summed E-state index contributed by atoms with van der Waals surface area (Å²) in [6.45, 7) is 5.70. The molecule has 0 aliphatic carbocycles. The van der Waals surface area contributed by atoms with Crippen LogP contribution in [0, 0.1) is 5.92 Å². The van der Waals surface area contributed by atoms with E-state index in [2.05, 4.69) is 35.9 Å². The molecule has 96 valence electrons. The number of piperidine rings is 1. The van der Waals surface area contributed by atoms with E-state index in [1.54, 1.807) is 11.3 Å². The van der Waals surface area contributed by atoms with Gasteiger partial charge in [0.2, 0.25) is 0 Å². The highest BCUT2D eigenvalue weighted by Gasteiger charge is 2.25. The third kappa shape index (κ3) is 1.85. The van der Waals surface area contributed by atoms with E-state index in [0.717, 1.165) is 29.4 Å². The number of rotatable bonds is 1. The van der Waals surface area contributed by atoms with Crippen molar-refractivity contribution in [3.63, 3.8) is 0 Å². The molecule has 1 aliphatic heterocycles. The Morgan fingerprint density at radius 1 is 1.33 bits per heavy atom. The third-order valence-corrected chi connectivity index (χ3v) is 4.74. The highest BCUT2D eigenvalue weighted by Crippen LogP contribution is 2.36.